The third-order valence-electron chi connectivity index (χ3n) is 5.01. The van der Waals surface area contributed by atoms with Gasteiger partial charge in [-0.3, -0.25) is 0 Å². The van der Waals surface area contributed by atoms with Crippen molar-refractivity contribution in [1.29, 1.82) is 0 Å². The Morgan fingerprint density at radius 3 is 2.65 bits per heavy atom. The van der Waals surface area contributed by atoms with Crippen molar-refractivity contribution in [1.82, 2.24) is 35.0 Å². The van der Waals surface area contributed by atoms with Gasteiger partial charge in [0.05, 0.1) is 24.0 Å². The molecule has 4 heterocycles. The molecule has 10 heteroatoms. The van der Waals surface area contributed by atoms with Gasteiger partial charge in [-0.2, -0.15) is 18.3 Å². The van der Waals surface area contributed by atoms with Crippen LogP contribution in [-0.4, -0.2) is 48.5 Å². The monoisotopic (exact) mass is 429 g/mol. The summed E-state index contributed by atoms with van der Waals surface area (Å²) in [6.45, 7) is 4.08. The first-order valence-corrected chi connectivity index (χ1v) is 9.92. The molecule has 0 saturated carbocycles. The molecule has 0 aliphatic carbocycles. The van der Waals surface area contributed by atoms with Gasteiger partial charge in [-0.25, -0.2) is 19.6 Å². The standard InChI is InChI=1S/C21H22F3N7/c1-13(2)25-8-6-17(21(22,23)24)14-3-4-18(27-9-14)31-11-15(10-30-31)16-5-7-26-20-19(16)28-12-29-20/h3-5,7,9-13,17,25H,6,8H2,1-2H3,(H,26,28,29). The van der Waals surface area contributed by atoms with Crippen LogP contribution in [0.3, 0.4) is 0 Å². The van der Waals surface area contributed by atoms with Crippen LogP contribution >= 0.6 is 0 Å². The first-order chi connectivity index (χ1) is 14.8. The number of fused-ring (bicyclic) bond motifs is 1. The Balaban J connectivity index is 1.56. The minimum absolute atomic E-state index is 0.0448. The van der Waals surface area contributed by atoms with E-state index in [9.17, 15) is 13.2 Å². The van der Waals surface area contributed by atoms with Gasteiger partial charge in [0, 0.05) is 35.8 Å². The Morgan fingerprint density at radius 2 is 1.94 bits per heavy atom. The van der Waals surface area contributed by atoms with Crippen LogP contribution in [0.25, 0.3) is 28.1 Å². The summed E-state index contributed by atoms with van der Waals surface area (Å²) in [6, 6.07) is 5.00. The zero-order chi connectivity index (χ0) is 22.0. The van der Waals surface area contributed by atoms with E-state index < -0.39 is 12.1 Å². The Labute approximate surface area is 176 Å². The minimum Gasteiger partial charge on any atom is -0.343 e. The maximum atomic E-state index is 13.6. The molecule has 2 N–H and O–H groups in total. The molecule has 0 saturated heterocycles. The van der Waals surface area contributed by atoms with Crippen LogP contribution < -0.4 is 5.32 Å². The molecule has 1 unspecified atom stereocenters. The van der Waals surface area contributed by atoms with Crippen molar-refractivity contribution in [2.24, 2.45) is 0 Å². The van der Waals surface area contributed by atoms with Crippen molar-refractivity contribution in [2.45, 2.75) is 38.4 Å². The zero-order valence-electron chi connectivity index (χ0n) is 17.1. The summed E-state index contributed by atoms with van der Waals surface area (Å²) < 4.78 is 42.2. The molecule has 0 radical (unpaired) electrons. The molecule has 4 rings (SSSR count). The van der Waals surface area contributed by atoms with Crippen molar-refractivity contribution < 1.29 is 13.2 Å². The van der Waals surface area contributed by atoms with Gasteiger partial charge in [-0.15, -0.1) is 0 Å². The van der Waals surface area contributed by atoms with Gasteiger partial charge >= 0.3 is 6.18 Å². The highest BCUT2D eigenvalue weighted by atomic mass is 19.4. The molecule has 0 spiro atoms. The van der Waals surface area contributed by atoms with Crippen molar-refractivity contribution in [2.75, 3.05) is 6.54 Å². The van der Waals surface area contributed by atoms with E-state index in [1.807, 2.05) is 19.9 Å². The molecule has 162 valence electrons. The largest absolute Gasteiger partial charge is 0.395 e. The van der Waals surface area contributed by atoms with Crippen molar-refractivity contribution in [3.63, 3.8) is 0 Å². The number of halogens is 3. The number of pyridine rings is 2. The number of hydrogen-bond donors (Lipinski definition) is 2. The molecule has 0 aliphatic heterocycles. The van der Waals surface area contributed by atoms with Gasteiger partial charge in [0.15, 0.2) is 11.5 Å². The topological polar surface area (TPSA) is 84.3 Å². The smallest absolute Gasteiger partial charge is 0.343 e. The molecular weight excluding hydrogens is 407 g/mol. The Morgan fingerprint density at radius 1 is 1.10 bits per heavy atom. The van der Waals surface area contributed by atoms with Crippen LogP contribution in [0, 0.1) is 0 Å². The minimum atomic E-state index is -4.34. The second-order valence-electron chi connectivity index (χ2n) is 7.57. The van der Waals surface area contributed by atoms with E-state index in [2.05, 4.69) is 30.4 Å². The van der Waals surface area contributed by atoms with Gasteiger partial charge < -0.3 is 10.3 Å². The fraction of sp³-hybridized carbons (Fsp3) is 0.333. The van der Waals surface area contributed by atoms with Crippen LogP contribution in [0.15, 0.2) is 49.3 Å². The second-order valence-corrected chi connectivity index (χ2v) is 7.57. The number of H-pyrrole nitrogens is 1. The predicted molar refractivity (Wildman–Crippen MR) is 111 cm³/mol. The van der Waals surface area contributed by atoms with Crippen LogP contribution in [0.2, 0.25) is 0 Å². The van der Waals surface area contributed by atoms with Crippen LogP contribution in [-0.2, 0) is 0 Å². The summed E-state index contributed by atoms with van der Waals surface area (Å²) in [4.78, 5) is 15.6. The highest BCUT2D eigenvalue weighted by molar-refractivity contribution is 5.88. The first-order valence-electron chi connectivity index (χ1n) is 9.92. The number of imidazole rings is 1. The molecular formula is C21H22F3N7. The zero-order valence-corrected chi connectivity index (χ0v) is 17.1. The highest BCUT2D eigenvalue weighted by Crippen LogP contribution is 2.37. The number of aromatic nitrogens is 6. The number of nitrogens with zero attached hydrogens (tertiary/aromatic N) is 5. The quantitative estimate of drug-likeness (QED) is 0.459. The summed E-state index contributed by atoms with van der Waals surface area (Å²) in [5.74, 6) is -1.13. The summed E-state index contributed by atoms with van der Waals surface area (Å²) in [5, 5.41) is 7.35. The highest BCUT2D eigenvalue weighted by Gasteiger charge is 2.40. The molecule has 31 heavy (non-hydrogen) atoms. The van der Waals surface area contributed by atoms with Crippen LogP contribution in [0.4, 0.5) is 13.2 Å². The lowest BCUT2D eigenvalue weighted by Gasteiger charge is -2.21. The Kier molecular flexibility index (Phi) is 5.73. The maximum absolute atomic E-state index is 13.6. The van der Waals surface area contributed by atoms with E-state index in [0.29, 0.717) is 11.5 Å². The first kappa shape index (κ1) is 21.0. The molecule has 7 nitrogen and oxygen atoms in total. The Bertz CT molecular complexity index is 1150. The number of hydrogen-bond acceptors (Lipinski definition) is 5. The lowest BCUT2D eigenvalue weighted by Crippen LogP contribution is -2.29. The average molecular weight is 429 g/mol. The van der Waals surface area contributed by atoms with Gasteiger partial charge in [0.1, 0.15) is 0 Å². The lowest BCUT2D eigenvalue weighted by atomic mass is 9.96. The summed E-state index contributed by atoms with van der Waals surface area (Å²) in [6.07, 6.45) is 3.57. The fourth-order valence-corrected chi connectivity index (χ4v) is 3.45. The van der Waals surface area contributed by atoms with E-state index in [0.717, 1.165) is 16.6 Å². The van der Waals surface area contributed by atoms with E-state index in [1.165, 1.54) is 16.9 Å². The average Bonchev–Trinajstić information content (AvgIpc) is 3.40. The number of rotatable bonds is 7. The van der Waals surface area contributed by atoms with Crippen LogP contribution in [0.5, 0.6) is 0 Å². The molecule has 0 amide bonds. The van der Waals surface area contributed by atoms with Gasteiger partial charge in [0.2, 0.25) is 0 Å². The van der Waals surface area contributed by atoms with Crippen molar-refractivity contribution >= 4 is 11.2 Å². The molecule has 1 atom stereocenters. The third kappa shape index (κ3) is 4.58. The molecule has 0 aromatic carbocycles. The van der Waals surface area contributed by atoms with E-state index in [-0.39, 0.29) is 24.6 Å². The Hall–Kier alpha value is -3.27. The fourth-order valence-electron chi connectivity index (χ4n) is 3.45. The molecule has 0 bridgehead atoms. The summed E-state index contributed by atoms with van der Waals surface area (Å²) in [7, 11) is 0. The van der Waals surface area contributed by atoms with E-state index in [1.54, 1.807) is 31.0 Å². The second kappa shape index (κ2) is 8.46. The van der Waals surface area contributed by atoms with Crippen molar-refractivity contribution in [3.8, 4) is 16.9 Å². The number of alkyl halides is 3. The molecule has 4 aromatic rings. The lowest BCUT2D eigenvalue weighted by molar-refractivity contribution is -0.151. The van der Waals surface area contributed by atoms with Gasteiger partial charge in [-0.05, 0) is 30.7 Å². The van der Waals surface area contributed by atoms with Gasteiger partial charge in [0.25, 0.3) is 0 Å². The normalized spacial score (nSPS) is 13.2. The molecule has 0 fully saturated rings. The molecule has 0 aliphatic rings. The van der Waals surface area contributed by atoms with E-state index in [4.69, 9.17) is 0 Å². The summed E-state index contributed by atoms with van der Waals surface area (Å²) in [5.41, 5.74) is 3.21. The SMILES string of the molecule is CC(C)NCCC(c1ccc(-n2cc(-c3ccnc4nc[nH]c34)cn2)nc1)C(F)(F)F. The molecule has 4 aromatic heterocycles. The van der Waals surface area contributed by atoms with Gasteiger partial charge in [-0.1, -0.05) is 19.9 Å². The van der Waals surface area contributed by atoms with E-state index >= 15 is 0 Å². The third-order valence-corrected chi connectivity index (χ3v) is 5.01. The predicted octanol–water partition coefficient (Wildman–Crippen LogP) is 4.24. The summed E-state index contributed by atoms with van der Waals surface area (Å²) >= 11 is 0. The maximum Gasteiger partial charge on any atom is 0.395 e. The van der Waals surface area contributed by atoms with Crippen LogP contribution in [0.1, 0.15) is 31.7 Å². The van der Waals surface area contributed by atoms with Crippen molar-refractivity contribution in [3.05, 3.63) is 54.9 Å². The number of nitrogens with one attached hydrogen (secondary N) is 2. The number of aromatic amines is 1.